The Bertz CT molecular complexity index is 554. The topological polar surface area (TPSA) is 57.7 Å². The Balaban J connectivity index is 2.39. The van der Waals surface area contributed by atoms with E-state index in [1.807, 2.05) is 0 Å². The Morgan fingerprint density at radius 3 is 2.61 bits per heavy atom. The Kier molecular flexibility index (Phi) is 3.09. The Morgan fingerprint density at radius 2 is 2.00 bits per heavy atom. The summed E-state index contributed by atoms with van der Waals surface area (Å²) in [7, 11) is 3.17. The molecule has 18 heavy (non-hydrogen) atoms. The van der Waals surface area contributed by atoms with Crippen molar-refractivity contribution in [2.75, 3.05) is 25.5 Å². The van der Waals surface area contributed by atoms with E-state index in [1.165, 1.54) is 17.0 Å². The molecular formula is C12H11ClN2O3. The summed E-state index contributed by atoms with van der Waals surface area (Å²) in [6.45, 7) is -0.162. The number of fused-ring (bicyclic) bond motifs is 1. The SMILES string of the molecule is CN(C)C(=O)CN1C(=O)C(=O)c2ccc(Cl)cc21. The second-order valence-corrected chi connectivity index (χ2v) is 4.61. The van der Waals surface area contributed by atoms with Crippen LogP contribution >= 0.6 is 11.6 Å². The molecule has 0 atom stereocenters. The second kappa shape index (κ2) is 4.42. The van der Waals surface area contributed by atoms with Crippen molar-refractivity contribution in [3.63, 3.8) is 0 Å². The number of carbonyl (C=O) groups is 3. The molecular weight excluding hydrogens is 256 g/mol. The first-order valence-electron chi connectivity index (χ1n) is 5.27. The third-order valence-corrected chi connectivity index (χ3v) is 2.96. The minimum absolute atomic E-state index is 0.162. The zero-order chi connectivity index (χ0) is 13.4. The summed E-state index contributed by atoms with van der Waals surface area (Å²) in [6, 6.07) is 4.56. The molecule has 2 amide bonds. The molecule has 0 radical (unpaired) electrons. The van der Waals surface area contributed by atoms with Crippen molar-refractivity contribution >= 4 is 34.9 Å². The van der Waals surface area contributed by atoms with Crippen LogP contribution in [-0.4, -0.2) is 43.1 Å². The van der Waals surface area contributed by atoms with Crippen LogP contribution in [0.25, 0.3) is 0 Å². The summed E-state index contributed by atoms with van der Waals surface area (Å²) in [6.07, 6.45) is 0. The largest absolute Gasteiger partial charge is 0.347 e. The summed E-state index contributed by atoms with van der Waals surface area (Å²) in [4.78, 5) is 37.7. The third-order valence-electron chi connectivity index (χ3n) is 2.73. The molecule has 1 aliphatic rings. The van der Waals surface area contributed by atoms with Crippen molar-refractivity contribution in [3.05, 3.63) is 28.8 Å². The summed E-state index contributed by atoms with van der Waals surface area (Å²) < 4.78 is 0. The maximum atomic E-state index is 11.8. The molecule has 0 fully saturated rings. The quantitative estimate of drug-likeness (QED) is 0.749. The molecule has 0 bridgehead atoms. The minimum Gasteiger partial charge on any atom is -0.347 e. The lowest BCUT2D eigenvalue weighted by molar-refractivity contribution is -0.128. The first-order valence-corrected chi connectivity index (χ1v) is 5.65. The van der Waals surface area contributed by atoms with Crippen LogP contribution in [0.15, 0.2) is 18.2 Å². The highest BCUT2D eigenvalue weighted by molar-refractivity contribution is 6.53. The average Bonchev–Trinajstić information content (AvgIpc) is 2.54. The van der Waals surface area contributed by atoms with Gasteiger partial charge in [-0.1, -0.05) is 11.6 Å². The van der Waals surface area contributed by atoms with E-state index in [0.717, 1.165) is 4.90 Å². The van der Waals surface area contributed by atoms with Gasteiger partial charge in [-0.25, -0.2) is 0 Å². The van der Waals surface area contributed by atoms with Crippen molar-refractivity contribution in [3.8, 4) is 0 Å². The summed E-state index contributed by atoms with van der Waals surface area (Å²) in [5.41, 5.74) is 0.684. The van der Waals surface area contributed by atoms with Gasteiger partial charge >= 0.3 is 0 Å². The van der Waals surface area contributed by atoms with Gasteiger partial charge in [0.1, 0.15) is 6.54 Å². The van der Waals surface area contributed by atoms with Crippen LogP contribution in [0, 0.1) is 0 Å². The molecule has 0 N–H and O–H groups in total. The zero-order valence-electron chi connectivity index (χ0n) is 9.94. The predicted molar refractivity (Wildman–Crippen MR) is 66.8 cm³/mol. The van der Waals surface area contributed by atoms with Gasteiger partial charge in [-0.15, -0.1) is 0 Å². The number of halogens is 1. The van der Waals surface area contributed by atoms with Crippen molar-refractivity contribution < 1.29 is 14.4 Å². The first kappa shape index (κ1) is 12.6. The number of carbonyl (C=O) groups excluding carboxylic acids is 3. The monoisotopic (exact) mass is 266 g/mol. The van der Waals surface area contributed by atoms with Crippen molar-refractivity contribution in [2.45, 2.75) is 0 Å². The smallest absolute Gasteiger partial charge is 0.299 e. The maximum absolute atomic E-state index is 11.8. The third kappa shape index (κ3) is 1.97. The van der Waals surface area contributed by atoms with Gasteiger partial charge in [-0.05, 0) is 18.2 Å². The lowest BCUT2D eigenvalue weighted by Gasteiger charge is -2.18. The Hall–Kier alpha value is -1.88. The fourth-order valence-electron chi connectivity index (χ4n) is 1.70. The summed E-state index contributed by atoms with van der Waals surface area (Å²) >= 11 is 5.84. The van der Waals surface area contributed by atoms with E-state index in [-0.39, 0.29) is 18.0 Å². The van der Waals surface area contributed by atoms with Gasteiger partial charge in [-0.3, -0.25) is 19.3 Å². The number of anilines is 1. The zero-order valence-corrected chi connectivity index (χ0v) is 10.7. The Morgan fingerprint density at radius 1 is 1.33 bits per heavy atom. The number of hydrogen-bond donors (Lipinski definition) is 0. The van der Waals surface area contributed by atoms with E-state index < -0.39 is 11.7 Å². The molecule has 0 saturated heterocycles. The number of hydrogen-bond acceptors (Lipinski definition) is 3. The highest BCUT2D eigenvalue weighted by Gasteiger charge is 2.37. The number of ketones is 1. The number of nitrogens with zero attached hydrogens (tertiary/aromatic N) is 2. The van der Waals surface area contributed by atoms with Gasteiger partial charge < -0.3 is 4.90 Å². The number of benzene rings is 1. The number of rotatable bonds is 2. The molecule has 1 aliphatic heterocycles. The van der Waals surface area contributed by atoms with Gasteiger partial charge in [0.15, 0.2) is 0 Å². The number of amides is 2. The van der Waals surface area contributed by atoms with Crippen LogP contribution in [0.3, 0.4) is 0 Å². The van der Waals surface area contributed by atoms with Gasteiger partial charge in [-0.2, -0.15) is 0 Å². The average molecular weight is 267 g/mol. The lowest BCUT2D eigenvalue weighted by atomic mass is 10.1. The minimum atomic E-state index is -0.692. The molecule has 1 aromatic carbocycles. The van der Waals surface area contributed by atoms with Crippen LogP contribution in [0.5, 0.6) is 0 Å². The van der Waals surface area contributed by atoms with Crippen molar-refractivity contribution in [2.24, 2.45) is 0 Å². The molecule has 94 valence electrons. The molecule has 0 aliphatic carbocycles. The van der Waals surface area contributed by atoms with Crippen molar-refractivity contribution in [1.29, 1.82) is 0 Å². The molecule has 0 saturated carbocycles. The first-order chi connectivity index (χ1) is 8.41. The molecule has 0 spiro atoms. The van der Waals surface area contributed by atoms with Gasteiger partial charge in [0.05, 0.1) is 11.3 Å². The normalized spacial score (nSPS) is 13.8. The molecule has 2 rings (SSSR count). The van der Waals surface area contributed by atoms with Crippen LogP contribution < -0.4 is 4.90 Å². The predicted octanol–water partition coefficient (Wildman–Crippen LogP) is 0.957. The fraction of sp³-hybridized carbons (Fsp3) is 0.250. The van der Waals surface area contributed by atoms with Crippen LogP contribution in [0.4, 0.5) is 5.69 Å². The van der Waals surface area contributed by atoms with Gasteiger partial charge in [0.25, 0.3) is 11.7 Å². The number of Topliss-reactive ketones (excluding diaryl/α,β-unsaturated/α-hetero) is 1. The molecule has 6 heteroatoms. The fourth-order valence-corrected chi connectivity index (χ4v) is 1.87. The molecule has 1 heterocycles. The van der Waals surface area contributed by atoms with Crippen LogP contribution in [0.1, 0.15) is 10.4 Å². The van der Waals surface area contributed by atoms with Crippen LogP contribution in [-0.2, 0) is 9.59 Å². The van der Waals surface area contributed by atoms with E-state index >= 15 is 0 Å². The van der Waals surface area contributed by atoms with E-state index in [4.69, 9.17) is 11.6 Å². The highest BCUT2D eigenvalue weighted by Crippen LogP contribution is 2.31. The standard InChI is InChI=1S/C12H11ClN2O3/c1-14(2)10(16)6-15-9-5-7(13)3-4-8(9)11(17)12(15)18/h3-5H,6H2,1-2H3. The van der Waals surface area contributed by atoms with Gasteiger partial charge in [0.2, 0.25) is 5.91 Å². The summed E-state index contributed by atoms with van der Waals surface area (Å²) in [5, 5.41) is 0.415. The number of likely N-dealkylation sites (N-methyl/N-ethyl adjacent to an activating group) is 1. The lowest BCUT2D eigenvalue weighted by Crippen LogP contribution is -2.39. The summed E-state index contributed by atoms with van der Waals surface area (Å²) in [5.74, 6) is -1.56. The molecule has 1 aromatic rings. The van der Waals surface area contributed by atoms with Gasteiger partial charge in [0, 0.05) is 19.1 Å². The molecule has 0 aromatic heterocycles. The Labute approximate surface area is 109 Å². The van der Waals surface area contributed by atoms with E-state index in [2.05, 4.69) is 0 Å². The second-order valence-electron chi connectivity index (χ2n) is 4.17. The highest BCUT2D eigenvalue weighted by atomic mass is 35.5. The van der Waals surface area contributed by atoms with E-state index in [0.29, 0.717) is 10.7 Å². The molecule has 5 nitrogen and oxygen atoms in total. The van der Waals surface area contributed by atoms with Crippen molar-refractivity contribution in [1.82, 2.24) is 4.90 Å². The maximum Gasteiger partial charge on any atom is 0.299 e. The molecule has 0 unspecified atom stereocenters. The van der Waals surface area contributed by atoms with E-state index in [9.17, 15) is 14.4 Å². The van der Waals surface area contributed by atoms with Crippen LogP contribution in [0.2, 0.25) is 5.02 Å². The van der Waals surface area contributed by atoms with E-state index in [1.54, 1.807) is 20.2 Å².